The Morgan fingerprint density at radius 1 is 1.13 bits per heavy atom. The van der Waals surface area contributed by atoms with Crippen molar-refractivity contribution >= 4 is 33.3 Å². The number of rotatable bonds is 6. The zero-order valence-corrected chi connectivity index (χ0v) is 26.1. The van der Waals surface area contributed by atoms with E-state index in [1.165, 1.54) is 6.07 Å². The molecule has 9 nitrogen and oxygen atoms in total. The maximum Gasteiger partial charge on any atom is 0.319 e. The summed E-state index contributed by atoms with van der Waals surface area (Å²) in [6.45, 7) is 2.90. The van der Waals surface area contributed by atoms with Crippen molar-refractivity contribution in [1.82, 2.24) is 25.2 Å². The third-order valence-corrected chi connectivity index (χ3v) is 10.3. The predicted molar refractivity (Wildman–Crippen MR) is 175 cm³/mol. The molecule has 238 valence electrons. The van der Waals surface area contributed by atoms with Crippen LogP contribution >= 0.6 is 0 Å². The summed E-state index contributed by atoms with van der Waals surface area (Å²) in [6.07, 6.45) is 9.34. The lowest BCUT2D eigenvalue weighted by atomic mass is 9.95. The first-order valence-electron chi connectivity index (χ1n) is 16.1. The van der Waals surface area contributed by atoms with E-state index in [4.69, 9.17) is 26.1 Å². The highest BCUT2D eigenvalue weighted by molar-refractivity contribution is 6.05. The van der Waals surface area contributed by atoms with Gasteiger partial charge in [0.15, 0.2) is 5.82 Å². The number of piperazine rings is 1. The molecular formula is C35H37F2N7O2. The number of phenolic OH excluding ortho intramolecular Hbond substituents is 1. The monoisotopic (exact) mass is 625 g/mol. The molecule has 4 atom stereocenters. The van der Waals surface area contributed by atoms with E-state index in [9.17, 15) is 9.50 Å². The SMILES string of the molecule is C#Cc1cccc2cc(O)cc(-c3nc(N(C)C)c4c(N5CC6CCC(C5)N6)nc(OC[C@@]56CCCN5C[C@H](F)C6)nc4c3F)c12. The minimum atomic E-state index is -0.896. The number of anilines is 2. The van der Waals surface area contributed by atoms with Crippen LogP contribution in [0, 0.1) is 18.2 Å². The molecular weight excluding hydrogens is 588 g/mol. The lowest BCUT2D eigenvalue weighted by molar-refractivity contribution is 0.107. The summed E-state index contributed by atoms with van der Waals surface area (Å²) in [6, 6.07) is 9.19. The van der Waals surface area contributed by atoms with Gasteiger partial charge < -0.3 is 25.0 Å². The van der Waals surface area contributed by atoms with Gasteiger partial charge in [0.1, 0.15) is 41.4 Å². The number of hydrogen-bond donors (Lipinski definition) is 2. The third-order valence-electron chi connectivity index (χ3n) is 10.3. The molecule has 2 bridgehead atoms. The normalized spacial score (nSPS) is 25.7. The first-order valence-corrected chi connectivity index (χ1v) is 16.1. The van der Waals surface area contributed by atoms with Gasteiger partial charge in [0.2, 0.25) is 0 Å². The Kier molecular flexibility index (Phi) is 6.92. The Balaban J connectivity index is 1.33. The minimum absolute atomic E-state index is 0.0207. The standard InChI is InChI=1S/C35H37F2N7O2/c1-4-20-7-5-8-21-13-25(45)14-26(27(20)21)30-29(37)31-28(32(39-30)42(2)3)33(43-17-23-9-10-24(18-43)38-23)41-34(40-31)46-19-35-11-6-12-44(35)16-22(36)15-35/h1,5,7-8,13-14,22-24,38,45H,6,9-12,15-19H2,2-3H3/t22-,23?,24?,35+/m1/s1. The molecule has 4 aromatic rings. The topological polar surface area (TPSA) is 89.9 Å². The van der Waals surface area contributed by atoms with E-state index in [0.717, 1.165) is 32.2 Å². The zero-order chi connectivity index (χ0) is 31.7. The highest BCUT2D eigenvalue weighted by Gasteiger charge is 2.49. The average molecular weight is 626 g/mol. The van der Waals surface area contributed by atoms with E-state index >= 15 is 4.39 Å². The number of ether oxygens (including phenoxy) is 1. The Morgan fingerprint density at radius 3 is 2.70 bits per heavy atom. The number of terminal acetylenes is 1. The fraction of sp³-hybridized carbons (Fsp3) is 0.457. The van der Waals surface area contributed by atoms with E-state index in [-0.39, 0.29) is 29.6 Å². The molecule has 4 saturated heterocycles. The van der Waals surface area contributed by atoms with E-state index < -0.39 is 17.5 Å². The van der Waals surface area contributed by atoms with Gasteiger partial charge >= 0.3 is 6.01 Å². The molecule has 4 fully saturated rings. The first kappa shape index (κ1) is 29.2. The highest BCUT2D eigenvalue weighted by Crippen LogP contribution is 2.43. The second-order valence-corrected chi connectivity index (χ2v) is 13.5. The number of nitrogens with zero attached hydrogens (tertiary/aromatic N) is 6. The van der Waals surface area contributed by atoms with Crippen molar-refractivity contribution in [2.24, 2.45) is 0 Å². The first-order chi connectivity index (χ1) is 22.2. The Labute approximate surface area is 266 Å². The molecule has 2 aromatic heterocycles. The number of alkyl halides is 1. The zero-order valence-electron chi connectivity index (χ0n) is 26.1. The number of aromatic hydroxyl groups is 1. The number of halogens is 2. The van der Waals surface area contributed by atoms with E-state index in [0.29, 0.717) is 77.1 Å². The lowest BCUT2D eigenvalue weighted by Gasteiger charge is -2.35. The van der Waals surface area contributed by atoms with E-state index in [1.54, 1.807) is 18.2 Å². The molecule has 46 heavy (non-hydrogen) atoms. The summed E-state index contributed by atoms with van der Waals surface area (Å²) in [7, 11) is 3.71. The number of fused-ring (bicyclic) bond motifs is 5. The van der Waals surface area contributed by atoms with Crippen molar-refractivity contribution in [2.75, 3.05) is 56.7 Å². The second kappa shape index (κ2) is 10.9. The molecule has 0 radical (unpaired) electrons. The van der Waals surface area contributed by atoms with Gasteiger partial charge in [0.25, 0.3) is 0 Å². The van der Waals surface area contributed by atoms with E-state index in [2.05, 4.69) is 21.0 Å². The van der Waals surface area contributed by atoms with Crippen LogP contribution < -0.4 is 19.9 Å². The molecule has 8 rings (SSSR count). The molecule has 11 heteroatoms. The van der Waals surface area contributed by atoms with Gasteiger partial charge in [-0.25, -0.2) is 13.8 Å². The number of aromatic nitrogens is 3. The number of pyridine rings is 1. The smallest absolute Gasteiger partial charge is 0.319 e. The second-order valence-electron chi connectivity index (χ2n) is 13.5. The van der Waals surface area contributed by atoms with Crippen LogP contribution in [0.2, 0.25) is 0 Å². The molecule has 2 N–H and O–H groups in total. The van der Waals surface area contributed by atoms with Gasteiger partial charge in [-0.3, -0.25) is 4.90 Å². The van der Waals surface area contributed by atoms with Gasteiger partial charge in [-0.1, -0.05) is 18.1 Å². The quantitative estimate of drug-likeness (QED) is 0.298. The van der Waals surface area contributed by atoms with Gasteiger partial charge in [-0.2, -0.15) is 9.97 Å². The van der Waals surface area contributed by atoms with Gasteiger partial charge in [0.05, 0.1) is 10.9 Å². The molecule has 0 aliphatic carbocycles. The van der Waals surface area contributed by atoms with Crippen LogP contribution in [-0.4, -0.2) is 95.6 Å². The number of phenols is 1. The molecule has 4 aliphatic rings. The van der Waals surface area contributed by atoms with E-state index in [1.807, 2.05) is 25.1 Å². The number of benzene rings is 2. The Hall–Kier alpha value is -4.27. The summed E-state index contributed by atoms with van der Waals surface area (Å²) in [5, 5.41) is 16.1. The molecule has 0 spiro atoms. The molecule has 2 aromatic carbocycles. The molecule has 2 unspecified atom stereocenters. The minimum Gasteiger partial charge on any atom is -0.508 e. The van der Waals surface area contributed by atoms with Crippen LogP contribution in [0.4, 0.5) is 20.4 Å². The fourth-order valence-corrected chi connectivity index (χ4v) is 8.25. The average Bonchev–Trinajstić information content (AvgIpc) is 3.69. The molecule has 0 saturated carbocycles. The number of hydrogen-bond acceptors (Lipinski definition) is 9. The van der Waals surface area contributed by atoms with Crippen molar-refractivity contribution in [3.8, 4) is 35.4 Å². The Bertz CT molecular complexity index is 1900. The van der Waals surface area contributed by atoms with Crippen molar-refractivity contribution in [2.45, 2.75) is 55.9 Å². The highest BCUT2D eigenvalue weighted by atomic mass is 19.1. The third kappa shape index (κ3) is 4.69. The summed E-state index contributed by atoms with van der Waals surface area (Å²) in [4.78, 5) is 20.8. The van der Waals surface area contributed by atoms with Gasteiger partial charge in [-0.05, 0) is 55.8 Å². The van der Waals surface area contributed by atoms with Crippen molar-refractivity contribution < 1.29 is 18.6 Å². The Morgan fingerprint density at radius 2 is 1.93 bits per heavy atom. The van der Waals surface area contributed by atoms with Crippen LogP contribution in [0.25, 0.3) is 32.9 Å². The maximum atomic E-state index is 17.1. The molecule has 0 amide bonds. The summed E-state index contributed by atoms with van der Waals surface area (Å²) < 4.78 is 38.0. The largest absolute Gasteiger partial charge is 0.508 e. The van der Waals surface area contributed by atoms with Crippen LogP contribution in [-0.2, 0) is 0 Å². The summed E-state index contributed by atoms with van der Waals surface area (Å²) in [5.74, 6) is 3.08. The summed E-state index contributed by atoms with van der Waals surface area (Å²) >= 11 is 0. The van der Waals surface area contributed by atoms with Gasteiger partial charge in [0, 0.05) is 68.7 Å². The van der Waals surface area contributed by atoms with Crippen LogP contribution in [0.5, 0.6) is 11.8 Å². The van der Waals surface area contributed by atoms with Crippen LogP contribution in [0.3, 0.4) is 0 Å². The molecule has 6 heterocycles. The van der Waals surface area contributed by atoms with Crippen molar-refractivity contribution in [3.05, 3.63) is 41.7 Å². The van der Waals surface area contributed by atoms with Gasteiger partial charge in [-0.15, -0.1) is 6.42 Å². The van der Waals surface area contributed by atoms with Crippen molar-refractivity contribution in [1.29, 1.82) is 0 Å². The lowest BCUT2D eigenvalue weighted by Crippen LogP contribution is -2.51. The fourth-order valence-electron chi connectivity index (χ4n) is 8.25. The number of nitrogens with one attached hydrogen (secondary N) is 1. The molecule has 4 aliphatic heterocycles. The van der Waals surface area contributed by atoms with Crippen LogP contribution in [0.15, 0.2) is 30.3 Å². The predicted octanol–water partition coefficient (Wildman–Crippen LogP) is 4.63. The van der Waals surface area contributed by atoms with Crippen molar-refractivity contribution in [3.63, 3.8) is 0 Å². The van der Waals surface area contributed by atoms with Crippen LogP contribution in [0.1, 0.15) is 37.7 Å². The maximum absolute atomic E-state index is 17.1. The summed E-state index contributed by atoms with van der Waals surface area (Å²) in [5.41, 5.74) is 0.619.